The molecule has 0 heterocycles. The largest absolute Gasteiger partial charge is 0.471 e. The first-order valence-electron chi connectivity index (χ1n) is 7.52. The van der Waals surface area contributed by atoms with Gasteiger partial charge in [0.1, 0.15) is 0 Å². The van der Waals surface area contributed by atoms with Crippen molar-refractivity contribution in [2.24, 2.45) is 0 Å². The van der Waals surface area contributed by atoms with E-state index in [0.717, 1.165) is 0 Å². The molecule has 0 radical (unpaired) electrons. The van der Waals surface area contributed by atoms with Crippen LogP contribution in [0, 0.1) is 0 Å². The van der Waals surface area contributed by atoms with E-state index in [9.17, 15) is 31.9 Å². The number of nitrogens with one attached hydrogen (secondary N) is 1. The number of rotatable bonds is 5. The van der Waals surface area contributed by atoms with Crippen molar-refractivity contribution < 1.29 is 31.9 Å². The summed E-state index contributed by atoms with van der Waals surface area (Å²) in [6, 6.07) is 0. The fraction of sp³-hybridized carbons (Fsp3) is 0.667. The van der Waals surface area contributed by atoms with E-state index in [1.165, 1.54) is 13.8 Å². The van der Waals surface area contributed by atoms with Crippen molar-refractivity contribution in [2.45, 2.75) is 64.0 Å². The van der Waals surface area contributed by atoms with Crippen LogP contribution in [-0.2, 0) is 14.4 Å². The van der Waals surface area contributed by atoms with Gasteiger partial charge in [-0.05, 0) is 26.2 Å². The number of hydrogen-bond acceptors (Lipinski definition) is 3. The molecule has 1 fully saturated rings. The summed E-state index contributed by atoms with van der Waals surface area (Å²) in [6.07, 6.45) is -6.63. The van der Waals surface area contributed by atoms with Crippen LogP contribution in [0.15, 0.2) is 12.2 Å². The maximum Gasteiger partial charge on any atom is 0.471 e. The molecule has 1 unspecified atom stereocenters. The van der Waals surface area contributed by atoms with Crippen molar-refractivity contribution in [3.63, 3.8) is 0 Å². The zero-order chi connectivity index (χ0) is 18.7. The highest BCUT2D eigenvalue weighted by molar-refractivity contribution is 6.02. The van der Waals surface area contributed by atoms with Crippen LogP contribution in [0.25, 0.3) is 0 Å². The molecule has 1 aliphatic rings. The average Bonchev–Trinajstić information content (AvgIpc) is 2.95. The Labute approximate surface area is 137 Å². The van der Waals surface area contributed by atoms with E-state index in [1.807, 2.05) is 0 Å². The van der Waals surface area contributed by atoms with Gasteiger partial charge in [-0.1, -0.05) is 26.3 Å². The Morgan fingerprint density at radius 2 is 1.75 bits per heavy atom. The van der Waals surface area contributed by atoms with Crippen molar-refractivity contribution in [1.29, 1.82) is 0 Å². The summed E-state index contributed by atoms with van der Waals surface area (Å²) in [5, 5.41) is 1.61. The summed E-state index contributed by atoms with van der Waals surface area (Å²) in [5.41, 5.74) is -1.51. The molecule has 1 rings (SSSR count). The molecular formula is C15H20F4N2O3. The van der Waals surface area contributed by atoms with Crippen molar-refractivity contribution in [2.75, 3.05) is 0 Å². The highest BCUT2D eigenvalue weighted by atomic mass is 19.4. The van der Waals surface area contributed by atoms with Gasteiger partial charge in [0.05, 0.1) is 5.54 Å². The monoisotopic (exact) mass is 352 g/mol. The predicted octanol–water partition coefficient (Wildman–Crippen LogP) is 2.61. The maximum absolute atomic E-state index is 14.1. The Hall–Kier alpha value is -1.93. The summed E-state index contributed by atoms with van der Waals surface area (Å²) >= 11 is 0. The van der Waals surface area contributed by atoms with Crippen molar-refractivity contribution in [3.8, 4) is 0 Å². The predicted molar refractivity (Wildman–Crippen MR) is 77.3 cm³/mol. The Morgan fingerprint density at radius 3 is 2.12 bits per heavy atom. The van der Waals surface area contributed by atoms with E-state index >= 15 is 0 Å². The molecule has 0 aromatic carbocycles. The zero-order valence-corrected chi connectivity index (χ0v) is 13.5. The van der Waals surface area contributed by atoms with Gasteiger partial charge in [0.25, 0.3) is 12.2 Å². The topological polar surface area (TPSA) is 66.5 Å². The molecule has 24 heavy (non-hydrogen) atoms. The van der Waals surface area contributed by atoms with Gasteiger partial charge in [-0.2, -0.15) is 13.2 Å². The van der Waals surface area contributed by atoms with Crippen molar-refractivity contribution in [1.82, 2.24) is 10.2 Å². The third-order valence-corrected chi connectivity index (χ3v) is 4.19. The molecule has 136 valence electrons. The molecule has 0 saturated heterocycles. The zero-order valence-electron chi connectivity index (χ0n) is 13.5. The first-order chi connectivity index (χ1) is 11.0. The Morgan fingerprint density at radius 1 is 1.25 bits per heavy atom. The lowest BCUT2D eigenvalue weighted by Crippen LogP contribution is -2.61. The molecule has 0 bridgehead atoms. The molecule has 1 N–H and O–H groups in total. The Balaban J connectivity index is 3.18. The summed E-state index contributed by atoms with van der Waals surface area (Å²) in [7, 11) is 0. The van der Waals surface area contributed by atoms with Gasteiger partial charge >= 0.3 is 12.1 Å². The Kier molecular flexibility index (Phi) is 6.13. The molecule has 9 heteroatoms. The third-order valence-electron chi connectivity index (χ3n) is 4.19. The van der Waals surface area contributed by atoms with E-state index in [-0.39, 0.29) is 29.7 Å². The lowest BCUT2D eigenvalue weighted by molar-refractivity contribution is -0.196. The van der Waals surface area contributed by atoms with E-state index in [0.29, 0.717) is 12.8 Å². The number of hydrogen-bond donors (Lipinski definition) is 1. The fourth-order valence-electron chi connectivity index (χ4n) is 2.86. The fourth-order valence-corrected chi connectivity index (χ4v) is 2.86. The van der Waals surface area contributed by atoms with Crippen LogP contribution in [0.5, 0.6) is 0 Å². The van der Waals surface area contributed by atoms with E-state index < -0.39 is 35.7 Å². The average molecular weight is 352 g/mol. The number of alkyl halides is 4. The van der Waals surface area contributed by atoms with E-state index in [4.69, 9.17) is 0 Å². The summed E-state index contributed by atoms with van der Waals surface area (Å²) in [5.74, 6) is -5.15. The summed E-state index contributed by atoms with van der Waals surface area (Å²) in [6.45, 7) is 6.03. The van der Waals surface area contributed by atoms with Gasteiger partial charge in [0.15, 0.2) is 0 Å². The highest BCUT2D eigenvalue weighted by Gasteiger charge is 2.54. The van der Waals surface area contributed by atoms with Crippen molar-refractivity contribution in [3.05, 3.63) is 12.2 Å². The van der Waals surface area contributed by atoms with Gasteiger partial charge in [-0.25, -0.2) is 4.39 Å². The van der Waals surface area contributed by atoms with Crippen LogP contribution in [0.2, 0.25) is 0 Å². The van der Waals surface area contributed by atoms with Crippen LogP contribution >= 0.6 is 0 Å². The molecule has 0 aromatic heterocycles. The molecular weight excluding hydrogens is 332 g/mol. The number of carbonyl (C=O) groups excluding carboxylic acids is 3. The summed E-state index contributed by atoms with van der Waals surface area (Å²) in [4.78, 5) is 35.3. The lowest BCUT2D eigenvalue weighted by Gasteiger charge is -2.40. The minimum atomic E-state index is -5.32. The third kappa shape index (κ3) is 4.12. The minimum Gasteiger partial charge on any atom is -0.315 e. The van der Waals surface area contributed by atoms with Gasteiger partial charge in [-0.3, -0.25) is 19.3 Å². The molecule has 5 nitrogen and oxygen atoms in total. The molecule has 1 atom stereocenters. The standard InChI is InChI=1S/C15H20F4N2O3/c1-4-14(7-5-6-8-14)21(13(24)15(17,18)19)12(23)10(16)20-11(22)9(2)3/h10H,2,4-8H2,1,3H3,(H,20,22). The van der Waals surface area contributed by atoms with Gasteiger partial charge < -0.3 is 5.32 Å². The quantitative estimate of drug-likeness (QED) is 0.470. The highest BCUT2D eigenvalue weighted by Crippen LogP contribution is 2.40. The first-order valence-corrected chi connectivity index (χ1v) is 7.52. The van der Waals surface area contributed by atoms with Crippen LogP contribution in [0.4, 0.5) is 17.6 Å². The molecule has 0 aliphatic heterocycles. The van der Waals surface area contributed by atoms with Gasteiger partial charge in [-0.15, -0.1) is 0 Å². The normalized spacial score (nSPS) is 17.9. The number of carbonyl (C=O) groups is 3. The minimum absolute atomic E-state index is 0.0383. The maximum atomic E-state index is 14.1. The molecule has 1 aliphatic carbocycles. The number of halogens is 4. The summed E-state index contributed by atoms with van der Waals surface area (Å²) < 4.78 is 52.8. The number of imide groups is 1. The van der Waals surface area contributed by atoms with Gasteiger partial charge in [0, 0.05) is 5.57 Å². The number of amides is 3. The number of nitrogens with zero attached hydrogens (tertiary/aromatic N) is 1. The van der Waals surface area contributed by atoms with Crippen LogP contribution < -0.4 is 5.32 Å². The van der Waals surface area contributed by atoms with Gasteiger partial charge in [0.2, 0.25) is 5.91 Å². The van der Waals surface area contributed by atoms with Crippen LogP contribution in [0.3, 0.4) is 0 Å². The molecule has 0 aromatic rings. The van der Waals surface area contributed by atoms with Crippen LogP contribution in [-0.4, -0.2) is 40.6 Å². The van der Waals surface area contributed by atoms with Crippen LogP contribution in [0.1, 0.15) is 46.0 Å². The van der Waals surface area contributed by atoms with E-state index in [2.05, 4.69) is 6.58 Å². The second-order valence-electron chi connectivity index (χ2n) is 5.88. The van der Waals surface area contributed by atoms with E-state index in [1.54, 1.807) is 5.32 Å². The molecule has 1 saturated carbocycles. The molecule has 3 amide bonds. The second-order valence-corrected chi connectivity index (χ2v) is 5.88. The van der Waals surface area contributed by atoms with Crippen molar-refractivity contribution >= 4 is 17.7 Å². The first kappa shape index (κ1) is 20.1. The smallest absolute Gasteiger partial charge is 0.315 e. The molecule has 0 spiro atoms. The SMILES string of the molecule is C=C(C)C(=O)NC(F)C(=O)N(C(=O)C(F)(F)F)C1(CC)CCCC1. The lowest BCUT2D eigenvalue weighted by atomic mass is 9.91. The second kappa shape index (κ2) is 7.31. The Bertz CT molecular complexity index is 539.